The van der Waals surface area contributed by atoms with E-state index >= 15 is 0 Å². The summed E-state index contributed by atoms with van der Waals surface area (Å²) in [5.41, 5.74) is 2.11. The van der Waals surface area contributed by atoms with E-state index in [2.05, 4.69) is 34.8 Å². The van der Waals surface area contributed by atoms with Gasteiger partial charge in [0.05, 0.1) is 12.1 Å². The zero-order chi connectivity index (χ0) is 31.6. The molecule has 3 amide bonds. The number of nitrogens with one attached hydrogen (secondary N) is 3. The number of benzene rings is 2. The van der Waals surface area contributed by atoms with Crippen LogP contribution in [-0.2, 0) is 20.9 Å². The molecule has 0 radical (unpaired) electrons. The number of hydrogen-bond donors (Lipinski definition) is 3. The lowest BCUT2D eigenvalue weighted by Gasteiger charge is -2.26. The van der Waals surface area contributed by atoms with E-state index in [0.29, 0.717) is 37.4 Å². The summed E-state index contributed by atoms with van der Waals surface area (Å²) in [6.07, 6.45) is 2.31. The lowest BCUT2D eigenvalue weighted by molar-refractivity contribution is -0.127. The maximum absolute atomic E-state index is 13.4. The average Bonchev–Trinajstić information content (AvgIpc) is 3.32. The first-order valence-corrected chi connectivity index (χ1v) is 15.3. The second-order valence-corrected chi connectivity index (χ2v) is 12.3. The molecular weight excluding hydrogens is 558 g/mol. The van der Waals surface area contributed by atoms with Crippen LogP contribution in [0.5, 0.6) is 0 Å². The second-order valence-electron chi connectivity index (χ2n) is 12.3. The Bertz CT molecular complexity index is 1440. The summed E-state index contributed by atoms with van der Waals surface area (Å²) in [5.74, 6) is -0.423. The van der Waals surface area contributed by atoms with E-state index in [0.717, 1.165) is 16.5 Å². The molecule has 2 heterocycles. The molecule has 4 rings (SSSR count). The molecular formula is C34H43N5O5. The van der Waals surface area contributed by atoms with Gasteiger partial charge in [-0.25, -0.2) is 4.79 Å². The van der Waals surface area contributed by atoms with Crippen molar-refractivity contribution in [1.82, 2.24) is 25.8 Å². The number of hydrogen-bond acceptors (Lipinski definition) is 7. The minimum atomic E-state index is -0.802. The number of rotatable bonds is 13. The van der Waals surface area contributed by atoms with Gasteiger partial charge in [-0.2, -0.15) is 0 Å². The van der Waals surface area contributed by atoms with Gasteiger partial charge in [0.2, 0.25) is 5.91 Å². The van der Waals surface area contributed by atoms with E-state index in [4.69, 9.17) is 4.74 Å². The van der Waals surface area contributed by atoms with Gasteiger partial charge in [0.15, 0.2) is 5.78 Å². The van der Waals surface area contributed by atoms with Crippen LogP contribution in [0.2, 0.25) is 0 Å². The number of alkyl carbamates (subject to hydrolysis) is 1. The van der Waals surface area contributed by atoms with Crippen molar-refractivity contribution < 1.29 is 23.9 Å². The monoisotopic (exact) mass is 601 g/mol. The number of nitrogens with zero attached hydrogens (tertiary/aromatic N) is 2. The molecule has 44 heavy (non-hydrogen) atoms. The molecule has 3 aromatic rings. The van der Waals surface area contributed by atoms with Crippen LogP contribution in [0.15, 0.2) is 66.9 Å². The maximum Gasteiger partial charge on any atom is 0.407 e. The highest BCUT2D eigenvalue weighted by Gasteiger charge is 2.35. The molecule has 3 N–H and O–H groups in total. The molecule has 3 atom stereocenters. The quantitative estimate of drug-likeness (QED) is 0.269. The van der Waals surface area contributed by atoms with Crippen molar-refractivity contribution in [2.24, 2.45) is 11.8 Å². The summed E-state index contributed by atoms with van der Waals surface area (Å²) < 4.78 is 5.41. The Labute approximate surface area is 258 Å². The smallest absolute Gasteiger partial charge is 0.407 e. The fraction of sp³-hybridized carbons (Fsp3) is 0.441. The Hall–Kier alpha value is -4.31. The first kappa shape index (κ1) is 32.6. The Kier molecular flexibility index (Phi) is 11.4. The van der Waals surface area contributed by atoms with Gasteiger partial charge < -0.3 is 20.7 Å². The van der Waals surface area contributed by atoms with Crippen molar-refractivity contribution >= 4 is 34.6 Å². The van der Waals surface area contributed by atoms with Crippen molar-refractivity contribution in [3.05, 3.63) is 78.0 Å². The van der Waals surface area contributed by atoms with Crippen LogP contribution in [0.3, 0.4) is 0 Å². The molecule has 234 valence electrons. The van der Waals surface area contributed by atoms with Crippen molar-refractivity contribution in [3.8, 4) is 0 Å². The van der Waals surface area contributed by atoms with E-state index in [1.165, 1.54) is 0 Å². The molecule has 1 aliphatic heterocycles. The van der Waals surface area contributed by atoms with Gasteiger partial charge in [-0.05, 0) is 54.5 Å². The number of ketones is 1. The van der Waals surface area contributed by atoms with E-state index in [1.807, 2.05) is 55.1 Å². The van der Waals surface area contributed by atoms with E-state index in [-0.39, 0.29) is 36.8 Å². The number of aromatic nitrogens is 1. The number of carbonyl (C=O) groups is 4. The third kappa shape index (κ3) is 9.60. The summed E-state index contributed by atoms with van der Waals surface area (Å²) in [5, 5.41) is 9.53. The molecule has 1 fully saturated rings. The minimum Gasteiger partial charge on any atom is -0.445 e. The molecule has 0 spiro atoms. The van der Waals surface area contributed by atoms with Gasteiger partial charge in [0.25, 0.3) is 5.91 Å². The predicted octanol–water partition coefficient (Wildman–Crippen LogP) is 4.09. The van der Waals surface area contributed by atoms with Crippen LogP contribution in [0.4, 0.5) is 4.79 Å². The Morgan fingerprint density at radius 1 is 0.955 bits per heavy atom. The number of pyridine rings is 1. The summed E-state index contributed by atoms with van der Waals surface area (Å²) in [6.45, 7) is 9.18. The molecule has 1 aromatic heterocycles. The lowest BCUT2D eigenvalue weighted by Crippen LogP contribution is -2.52. The average molecular weight is 602 g/mol. The summed E-state index contributed by atoms with van der Waals surface area (Å²) in [6, 6.07) is 16.6. The Balaban J connectivity index is 1.33. The Morgan fingerprint density at radius 2 is 1.70 bits per heavy atom. The second kappa shape index (κ2) is 15.4. The first-order valence-electron chi connectivity index (χ1n) is 15.3. The maximum atomic E-state index is 13.4. The van der Waals surface area contributed by atoms with Gasteiger partial charge in [0.1, 0.15) is 18.7 Å². The highest BCUT2D eigenvalue weighted by atomic mass is 16.5. The predicted molar refractivity (Wildman–Crippen MR) is 169 cm³/mol. The molecule has 2 aromatic carbocycles. The van der Waals surface area contributed by atoms with Crippen LogP contribution < -0.4 is 16.0 Å². The summed E-state index contributed by atoms with van der Waals surface area (Å²) >= 11 is 0. The fourth-order valence-corrected chi connectivity index (χ4v) is 5.45. The van der Waals surface area contributed by atoms with Crippen LogP contribution in [-0.4, -0.2) is 71.3 Å². The topological polar surface area (TPSA) is 130 Å². The number of ether oxygens (including phenoxy) is 1. The van der Waals surface area contributed by atoms with Gasteiger partial charge in [0, 0.05) is 36.3 Å². The van der Waals surface area contributed by atoms with Crippen molar-refractivity contribution in [2.45, 2.75) is 65.3 Å². The van der Waals surface area contributed by atoms with Crippen LogP contribution in [0, 0.1) is 11.8 Å². The normalized spacial score (nSPS) is 16.6. The number of carbonyl (C=O) groups excluding carboxylic acids is 4. The first-order chi connectivity index (χ1) is 21.1. The third-order valence-electron chi connectivity index (χ3n) is 7.49. The minimum absolute atomic E-state index is 0.107. The summed E-state index contributed by atoms with van der Waals surface area (Å²) in [7, 11) is 0. The third-order valence-corrected chi connectivity index (χ3v) is 7.49. The fourth-order valence-electron chi connectivity index (χ4n) is 5.45. The Morgan fingerprint density at radius 3 is 2.43 bits per heavy atom. The number of likely N-dealkylation sites (tertiary alicyclic amines) is 1. The summed E-state index contributed by atoms with van der Waals surface area (Å²) in [4.78, 5) is 58.3. The molecule has 0 bridgehead atoms. The van der Waals surface area contributed by atoms with Crippen molar-refractivity contribution in [2.75, 3.05) is 19.6 Å². The van der Waals surface area contributed by atoms with Gasteiger partial charge >= 0.3 is 6.09 Å². The standard InChI is InChI=1S/C34H43N5O5/c1-22(2)15-27(36-34(43)44-21-24-9-6-5-7-10-24)18-39-19-30(31(40)20-39)38-33(42)29(16-23(3)4)37-32(41)26-12-13-28-25(17-26)11-8-14-35-28/h5-14,17,22-23,27,29-30H,15-16,18-21H2,1-4H3,(H,36,43)(H,37,41)(H,38,42)/t27-,29-,30?/m0/s1. The largest absolute Gasteiger partial charge is 0.445 e. The zero-order valence-electron chi connectivity index (χ0n) is 25.9. The van der Waals surface area contributed by atoms with Gasteiger partial charge in [-0.15, -0.1) is 0 Å². The molecule has 1 unspecified atom stereocenters. The van der Waals surface area contributed by atoms with E-state index in [1.54, 1.807) is 30.5 Å². The number of Topliss-reactive ketones (excluding diaryl/α,β-unsaturated/α-hetero) is 1. The lowest BCUT2D eigenvalue weighted by atomic mass is 10.0. The van der Waals surface area contributed by atoms with Crippen LogP contribution in [0.1, 0.15) is 56.5 Å². The van der Waals surface area contributed by atoms with Gasteiger partial charge in [-0.1, -0.05) is 64.1 Å². The van der Waals surface area contributed by atoms with Crippen molar-refractivity contribution in [3.63, 3.8) is 0 Å². The number of fused-ring (bicyclic) bond motifs is 1. The zero-order valence-corrected chi connectivity index (χ0v) is 25.9. The molecule has 10 heteroatoms. The molecule has 0 aliphatic carbocycles. The molecule has 1 saturated heterocycles. The van der Waals surface area contributed by atoms with Gasteiger partial charge in [-0.3, -0.25) is 24.3 Å². The highest BCUT2D eigenvalue weighted by molar-refractivity contribution is 6.01. The highest BCUT2D eigenvalue weighted by Crippen LogP contribution is 2.16. The SMILES string of the molecule is CC(C)C[C@@H](CN1CC(=O)C(NC(=O)[C@H](CC(C)C)NC(=O)c2ccc3ncccc3c2)C1)NC(=O)OCc1ccccc1. The van der Waals surface area contributed by atoms with Crippen molar-refractivity contribution in [1.29, 1.82) is 0 Å². The van der Waals surface area contributed by atoms with Crippen LogP contribution in [0.25, 0.3) is 10.9 Å². The molecule has 10 nitrogen and oxygen atoms in total. The number of amides is 3. The van der Waals surface area contributed by atoms with E-state index in [9.17, 15) is 19.2 Å². The van der Waals surface area contributed by atoms with Crippen LogP contribution >= 0.6 is 0 Å². The van der Waals surface area contributed by atoms with E-state index < -0.39 is 24.1 Å². The molecule has 1 aliphatic rings. The molecule has 0 saturated carbocycles.